The molecule has 0 saturated heterocycles. The lowest BCUT2D eigenvalue weighted by molar-refractivity contribution is -0.129. The van der Waals surface area contributed by atoms with Gasteiger partial charge in [0.25, 0.3) is 0 Å². The summed E-state index contributed by atoms with van der Waals surface area (Å²) in [4.78, 5) is 22.0. The van der Waals surface area contributed by atoms with Gasteiger partial charge in [-0.2, -0.15) is 0 Å². The van der Waals surface area contributed by atoms with Crippen LogP contribution in [0.15, 0.2) is 0 Å². The first-order valence-electron chi connectivity index (χ1n) is 2.46. The predicted octanol–water partition coefficient (Wildman–Crippen LogP) is 0.633. The maximum Gasteiger partial charge on any atom is 0.417 e. The third-order valence-corrected chi connectivity index (χ3v) is 0.842. The third-order valence-electron chi connectivity index (χ3n) is 0.649. The maximum atomic E-state index is 10.5. The molecular formula is C5H8ClNO3S. The Balaban J connectivity index is 0. The summed E-state index contributed by atoms with van der Waals surface area (Å²) in [7, 11) is 2.94. The molecule has 0 aliphatic heterocycles. The van der Waals surface area contributed by atoms with Crippen LogP contribution in [0.5, 0.6) is 0 Å². The Morgan fingerprint density at radius 3 is 2.18 bits per heavy atom. The summed E-state index contributed by atoms with van der Waals surface area (Å²) in [5, 5.41) is 0.765. The SMILES string of the molecule is CN(C)C(=O)OC(=O)C=S.Cl. The van der Waals surface area contributed by atoms with E-state index in [1.54, 1.807) is 0 Å². The molecule has 0 aromatic heterocycles. The maximum absolute atomic E-state index is 10.5. The molecule has 0 aromatic rings. The van der Waals surface area contributed by atoms with Gasteiger partial charge in [-0.05, 0) is 0 Å². The summed E-state index contributed by atoms with van der Waals surface area (Å²) in [5.74, 6) is -0.811. The van der Waals surface area contributed by atoms with E-state index in [4.69, 9.17) is 0 Å². The summed E-state index contributed by atoms with van der Waals surface area (Å²) in [6.07, 6.45) is -0.717. The number of carbonyl (C=O) groups is 2. The summed E-state index contributed by atoms with van der Waals surface area (Å²) < 4.78 is 4.15. The lowest BCUT2D eigenvalue weighted by atomic mass is 10.8. The summed E-state index contributed by atoms with van der Waals surface area (Å²) in [6, 6.07) is 0. The van der Waals surface area contributed by atoms with Crippen molar-refractivity contribution in [2.75, 3.05) is 14.1 Å². The van der Waals surface area contributed by atoms with Crippen LogP contribution >= 0.6 is 24.6 Å². The van der Waals surface area contributed by atoms with E-state index in [2.05, 4.69) is 17.0 Å². The van der Waals surface area contributed by atoms with Crippen molar-refractivity contribution >= 4 is 42.1 Å². The first-order chi connectivity index (χ1) is 4.57. The number of carbonyl (C=O) groups excluding carboxylic acids is 2. The lowest BCUT2D eigenvalue weighted by Crippen LogP contribution is -2.25. The highest BCUT2D eigenvalue weighted by molar-refractivity contribution is 7.80. The van der Waals surface area contributed by atoms with E-state index in [-0.39, 0.29) is 12.4 Å². The van der Waals surface area contributed by atoms with Crippen molar-refractivity contribution in [2.24, 2.45) is 0 Å². The first-order valence-corrected chi connectivity index (χ1v) is 2.93. The van der Waals surface area contributed by atoms with E-state index in [1.165, 1.54) is 14.1 Å². The highest BCUT2D eigenvalue weighted by Gasteiger charge is 2.08. The fourth-order valence-electron chi connectivity index (χ4n) is 0.201. The second-order valence-electron chi connectivity index (χ2n) is 1.70. The summed E-state index contributed by atoms with van der Waals surface area (Å²) >= 11 is 4.21. The molecule has 0 bridgehead atoms. The van der Waals surface area contributed by atoms with E-state index in [0.717, 1.165) is 10.3 Å². The molecule has 0 atom stereocenters. The predicted molar refractivity (Wildman–Crippen MR) is 46.1 cm³/mol. The molecule has 4 nitrogen and oxygen atoms in total. The fraction of sp³-hybridized carbons (Fsp3) is 0.400. The van der Waals surface area contributed by atoms with Gasteiger partial charge < -0.3 is 9.64 Å². The zero-order valence-corrected chi connectivity index (χ0v) is 7.70. The molecule has 0 aliphatic rings. The Hall–Kier alpha value is -0.680. The van der Waals surface area contributed by atoms with Gasteiger partial charge >= 0.3 is 12.1 Å². The molecule has 0 spiro atoms. The molecule has 0 radical (unpaired) electrons. The van der Waals surface area contributed by atoms with E-state index >= 15 is 0 Å². The topological polar surface area (TPSA) is 46.6 Å². The van der Waals surface area contributed by atoms with Crippen molar-refractivity contribution in [3.63, 3.8) is 0 Å². The molecule has 0 aliphatic carbocycles. The molecule has 0 rings (SSSR count). The number of esters is 1. The number of thiocarbonyl (C=S) groups is 1. The van der Waals surface area contributed by atoms with Crippen molar-refractivity contribution < 1.29 is 14.3 Å². The standard InChI is InChI=1S/C5H7NO3S.ClH/c1-6(2)5(8)9-4(7)3-10;/h3H,1-2H3;1H. The van der Waals surface area contributed by atoms with Crippen LogP contribution in [0, 0.1) is 0 Å². The average Bonchev–Trinajstić information content (AvgIpc) is 1.87. The van der Waals surface area contributed by atoms with Gasteiger partial charge in [0.2, 0.25) is 0 Å². The van der Waals surface area contributed by atoms with Crippen molar-refractivity contribution in [2.45, 2.75) is 0 Å². The Morgan fingerprint density at radius 2 is 1.91 bits per heavy atom. The highest BCUT2D eigenvalue weighted by atomic mass is 35.5. The first kappa shape index (κ1) is 12.9. The highest BCUT2D eigenvalue weighted by Crippen LogP contribution is 1.84. The van der Waals surface area contributed by atoms with Crippen LogP contribution in [0.3, 0.4) is 0 Å². The minimum atomic E-state index is -0.811. The van der Waals surface area contributed by atoms with Crippen molar-refractivity contribution in [1.29, 1.82) is 0 Å². The number of nitrogens with zero attached hydrogens (tertiary/aromatic N) is 1. The van der Waals surface area contributed by atoms with Crippen LogP contribution in [0.2, 0.25) is 0 Å². The quantitative estimate of drug-likeness (QED) is 0.352. The van der Waals surface area contributed by atoms with Gasteiger partial charge in [0.05, 0.1) is 5.37 Å². The molecule has 11 heavy (non-hydrogen) atoms. The van der Waals surface area contributed by atoms with Crippen molar-refractivity contribution in [3.8, 4) is 0 Å². The second-order valence-corrected chi connectivity index (χ2v) is 1.93. The van der Waals surface area contributed by atoms with Crippen LogP contribution in [0.25, 0.3) is 0 Å². The number of ether oxygens (including phenoxy) is 1. The van der Waals surface area contributed by atoms with Gasteiger partial charge in [0.15, 0.2) is 0 Å². The Kier molecular flexibility index (Phi) is 7.13. The molecule has 0 N–H and O–H groups in total. The van der Waals surface area contributed by atoms with E-state index < -0.39 is 12.1 Å². The number of halogens is 1. The van der Waals surface area contributed by atoms with Crippen LogP contribution in [-0.4, -0.2) is 36.4 Å². The van der Waals surface area contributed by atoms with Crippen molar-refractivity contribution in [1.82, 2.24) is 4.90 Å². The van der Waals surface area contributed by atoms with Crippen LogP contribution in [0.4, 0.5) is 4.79 Å². The molecule has 0 fully saturated rings. The van der Waals surface area contributed by atoms with Gasteiger partial charge in [-0.1, -0.05) is 12.2 Å². The minimum Gasteiger partial charge on any atom is -0.372 e. The summed E-state index contributed by atoms with van der Waals surface area (Å²) in [5.41, 5.74) is 0. The van der Waals surface area contributed by atoms with E-state index in [9.17, 15) is 9.59 Å². The zero-order chi connectivity index (χ0) is 8.15. The summed E-state index contributed by atoms with van der Waals surface area (Å²) in [6.45, 7) is 0. The van der Waals surface area contributed by atoms with E-state index in [0.29, 0.717) is 0 Å². The molecular weight excluding hydrogens is 190 g/mol. The molecule has 0 heterocycles. The van der Waals surface area contributed by atoms with Gasteiger partial charge in [0.1, 0.15) is 0 Å². The molecule has 0 unspecified atom stereocenters. The van der Waals surface area contributed by atoms with Gasteiger partial charge in [-0.25, -0.2) is 9.59 Å². The average molecular weight is 198 g/mol. The molecule has 64 valence electrons. The molecule has 1 amide bonds. The molecule has 0 aromatic carbocycles. The van der Waals surface area contributed by atoms with Crippen LogP contribution < -0.4 is 0 Å². The van der Waals surface area contributed by atoms with Gasteiger partial charge in [0, 0.05) is 14.1 Å². The second kappa shape index (κ2) is 6.06. The van der Waals surface area contributed by atoms with Crippen LogP contribution in [0.1, 0.15) is 0 Å². The smallest absolute Gasteiger partial charge is 0.372 e. The van der Waals surface area contributed by atoms with Gasteiger partial charge in [-0.15, -0.1) is 12.4 Å². The monoisotopic (exact) mass is 197 g/mol. The Labute approximate surface area is 75.9 Å². The van der Waals surface area contributed by atoms with Crippen LogP contribution in [-0.2, 0) is 9.53 Å². The molecule has 0 saturated carbocycles. The number of rotatable bonds is 1. The number of hydrogen-bond donors (Lipinski definition) is 0. The largest absolute Gasteiger partial charge is 0.417 e. The Bertz CT molecular complexity index is 171. The Morgan fingerprint density at radius 1 is 1.45 bits per heavy atom. The molecule has 6 heteroatoms. The van der Waals surface area contributed by atoms with E-state index in [1.807, 2.05) is 0 Å². The minimum absolute atomic E-state index is 0. The fourth-order valence-corrected chi connectivity index (χ4v) is 0.250. The third kappa shape index (κ3) is 5.75. The van der Waals surface area contributed by atoms with Crippen molar-refractivity contribution in [3.05, 3.63) is 0 Å². The number of amides is 1. The normalized spacial score (nSPS) is 7.45. The number of hydrogen-bond acceptors (Lipinski definition) is 4. The zero-order valence-electron chi connectivity index (χ0n) is 6.07. The lowest BCUT2D eigenvalue weighted by Gasteiger charge is -2.06. The van der Waals surface area contributed by atoms with Gasteiger partial charge in [-0.3, -0.25) is 0 Å².